The lowest BCUT2D eigenvalue weighted by atomic mass is 9.95. The third kappa shape index (κ3) is 3.40. The minimum atomic E-state index is -0.488. The van der Waals surface area contributed by atoms with Gasteiger partial charge in [0.25, 0.3) is 0 Å². The van der Waals surface area contributed by atoms with Crippen LogP contribution < -0.4 is 19.9 Å². The summed E-state index contributed by atoms with van der Waals surface area (Å²) in [5, 5.41) is 9.56. The molecule has 2 aromatic heterocycles. The lowest BCUT2D eigenvalue weighted by molar-refractivity contribution is 0.141. The summed E-state index contributed by atoms with van der Waals surface area (Å²) < 4.78 is 17.8. The molecule has 0 fully saturated rings. The van der Waals surface area contributed by atoms with Gasteiger partial charge in [-0.3, -0.25) is 9.55 Å². The fourth-order valence-electron chi connectivity index (χ4n) is 2.98. The summed E-state index contributed by atoms with van der Waals surface area (Å²) in [5.74, 6) is 1.42. The van der Waals surface area contributed by atoms with Gasteiger partial charge in [-0.2, -0.15) is 0 Å². The zero-order valence-corrected chi connectivity index (χ0v) is 16.6. The average Bonchev–Trinajstić information content (AvgIpc) is 3.00. The number of fused-ring (bicyclic) bond motifs is 1. The second-order valence-electron chi connectivity index (χ2n) is 7.15. The maximum Gasteiger partial charge on any atom is 0.328 e. The molecule has 3 rings (SSSR count). The highest BCUT2D eigenvalue weighted by molar-refractivity contribution is 5.77. The van der Waals surface area contributed by atoms with Crippen LogP contribution >= 0.6 is 0 Å². The van der Waals surface area contributed by atoms with Crippen molar-refractivity contribution in [1.82, 2.24) is 19.5 Å². The van der Waals surface area contributed by atoms with Crippen molar-refractivity contribution in [2.75, 3.05) is 27.9 Å². The molecule has 0 bridgehead atoms. The number of H-pyrrole nitrogens is 1. The van der Waals surface area contributed by atoms with Crippen LogP contribution in [0.25, 0.3) is 22.6 Å². The molecule has 0 saturated carbocycles. The first-order valence-corrected chi connectivity index (χ1v) is 8.71. The second-order valence-corrected chi connectivity index (χ2v) is 7.15. The summed E-state index contributed by atoms with van der Waals surface area (Å²) in [5.41, 5.74) is 1.13. The molecule has 0 saturated heterocycles. The molecule has 9 nitrogen and oxygen atoms in total. The van der Waals surface area contributed by atoms with Crippen LogP contribution in [-0.4, -0.2) is 52.6 Å². The van der Waals surface area contributed by atoms with Crippen LogP contribution in [0.15, 0.2) is 23.1 Å². The van der Waals surface area contributed by atoms with Gasteiger partial charge in [-0.15, -0.1) is 0 Å². The maximum absolute atomic E-state index is 12.4. The Morgan fingerprint density at radius 2 is 1.86 bits per heavy atom. The Morgan fingerprint density at radius 1 is 1.14 bits per heavy atom. The Labute approximate surface area is 161 Å². The Hall–Kier alpha value is -3.07. The quantitative estimate of drug-likeness (QED) is 0.635. The number of ether oxygens (including phenoxy) is 3. The molecule has 2 N–H and O–H groups in total. The van der Waals surface area contributed by atoms with Crippen molar-refractivity contribution >= 4 is 11.3 Å². The molecule has 0 unspecified atom stereocenters. The second kappa shape index (κ2) is 7.51. The number of aromatic nitrogens is 4. The summed E-state index contributed by atoms with van der Waals surface area (Å²) in [4.78, 5) is 24.0. The van der Waals surface area contributed by atoms with Crippen molar-refractivity contribution in [3.05, 3.63) is 28.8 Å². The number of nitrogens with zero attached hydrogens (tertiary/aromatic N) is 3. The molecule has 3 aromatic rings. The summed E-state index contributed by atoms with van der Waals surface area (Å²) >= 11 is 0. The molecule has 0 aliphatic carbocycles. The van der Waals surface area contributed by atoms with Crippen LogP contribution in [0, 0.1) is 5.41 Å². The fraction of sp³-hybridized carbons (Fsp3) is 0.421. The van der Waals surface area contributed by atoms with Gasteiger partial charge in [0.2, 0.25) is 5.75 Å². The van der Waals surface area contributed by atoms with Crippen molar-refractivity contribution < 1.29 is 19.3 Å². The highest BCUT2D eigenvalue weighted by Gasteiger charge is 2.23. The van der Waals surface area contributed by atoms with Crippen LogP contribution in [0.1, 0.15) is 13.8 Å². The molecule has 0 aliphatic heterocycles. The van der Waals surface area contributed by atoms with Gasteiger partial charge in [0, 0.05) is 24.1 Å². The van der Waals surface area contributed by atoms with Gasteiger partial charge < -0.3 is 19.3 Å². The molecule has 0 amide bonds. The first-order chi connectivity index (χ1) is 13.3. The normalized spacial score (nSPS) is 11.6. The molecule has 2 heterocycles. The van der Waals surface area contributed by atoms with Gasteiger partial charge in [-0.1, -0.05) is 13.8 Å². The molecule has 9 heteroatoms. The minimum Gasteiger partial charge on any atom is -0.493 e. The van der Waals surface area contributed by atoms with E-state index in [1.54, 1.807) is 25.4 Å². The van der Waals surface area contributed by atoms with E-state index in [1.807, 2.05) is 13.8 Å². The number of aliphatic hydroxyl groups excluding tert-OH is 1. The topological polar surface area (TPSA) is 111 Å². The van der Waals surface area contributed by atoms with Crippen LogP contribution in [-0.2, 0) is 6.54 Å². The lowest BCUT2D eigenvalue weighted by Crippen LogP contribution is -2.29. The first-order valence-electron chi connectivity index (χ1n) is 8.71. The number of aromatic amines is 1. The number of aliphatic hydroxyl groups is 1. The zero-order chi connectivity index (χ0) is 20.5. The summed E-state index contributed by atoms with van der Waals surface area (Å²) in [6, 6.07) is 3.55. The number of imidazole rings is 1. The van der Waals surface area contributed by atoms with Crippen LogP contribution in [0.2, 0.25) is 0 Å². The third-order valence-corrected chi connectivity index (χ3v) is 4.47. The summed E-state index contributed by atoms with van der Waals surface area (Å²) in [6.07, 6.45) is 1.56. The molecule has 150 valence electrons. The van der Waals surface area contributed by atoms with Crippen molar-refractivity contribution in [2.24, 2.45) is 5.41 Å². The highest BCUT2D eigenvalue weighted by atomic mass is 16.5. The van der Waals surface area contributed by atoms with Gasteiger partial charge in [-0.05, 0) is 12.1 Å². The molecule has 0 spiro atoms. The van der Waals surface area contributed by atoms with Crippen LogP contribution in [0.3, 0.4) is 0 Å². The predicted molar refractivity (Wildman–Crippen MR) is 104 cm³/mol. The average molecular weight is 388 g/mol. The van der Waals surface area contributed by atoms with E-state index in [1.165, 1.54) is 18.8 Å². The molecule has 0 radical (unpaired) electrons. The third-order valence-electron chi connectivity index (χ3n) is 4.47. The van der Waals surface area contributed by atoms with Gasteiger partial charge in [-0.25, -0.2) is 14.8 Å². The van der Waals surface area contributed by atoms with Gasteiger partial charge in [0.1, 0.15) is 0 Å². The number of benzene rings is 1. The van der Waals surface area contributed by atoms with E-state index in [0.29, 0.717) is 46.3 Å². The molecule has 1 aromatic carbocycles. The molecular formula is C19H24N4O5. The number of methoxy groups -OCH3 is 3. The Morgan fingerprint density at radius 3 is 2.46 bits per heavy atom. The first kappa shape index (κ1) is 19.7. The Bertz CT molecular complexity index is 1050. The number of rotatable bonds is 7. The SMILES string of the molecule is COc1ccc(-c2cnc3[nH]c(=O)n(CC(C)(C)CO)c3n2)c(OC)c1OC. The van der Waals surface area contributed by atoms with Crippen molar-refractivity contribution in [3.63, 3.8) is 0 Å². The predicted octanol–water partition coefficient (Wildman–Crippen LogP) is 1.83. The van der Waals surface area contributed by atoms with E-state index in [2.05, 4.69) is 15.0 Å². The minimum absolute atomic E-state index is 0.0667. The van der Waals surface area contributed by atoms with Gasteiger partial charge in [0.15, 0.2) is 22.8 Å². The highest BCUT2D eigenvalue weighted by Crippen LogP contribution is 2.43. The van der Waals surface area contributed by atoms with Crippen LogP contribution in [0.4, 0.5) is 0 Å². The largest absolute Gasteiger partial charge is 0.493 e. The Kier molecular flexibility index (Phi) is 5.28. The van der Waals surface area contributed by atoms with Gasteiger partial charge in [0.05, 0.1) is 33.2 Å². The maximum atomic E-state index is 12.4. The van der Waals surface area contributed by atoms with Crippen molar-refractivity contribution in [2.45, 2.75) is 20.4 Å². The fourth-order valence-corrected chi connectivity index (χ4v) is 2.98. The number of hydrogen-bond acceptors (Lipinski definition) is 7. The molecular weight excluding hydrogens is 364 g/mol. The summed E-state index contributed by atoms with van der Waals surface area (Å²) in [6.45, 7) is 3.96. The van der Waals surface area contributed by atoms with Crippen molar-refractivity contribution in [1.29, 1.82) is 0 Å². The monoisotopic (exact) mass is 388 g/mol. The van der Waals surface area contributed by atoms with E-state index in [9.17, 15) is 9.90 Å². The van der Waals surface area contributed by atoms with Gasteiger partial charge >= 0.3 is 5.69 Å². The standard InChI is InChI=1S/C19H24N4O5/c1-19(2,10-24)9-23-17-16(22-18(23)25)20-8-12(21-17)11-6-7-13(26-3)15(28-5)14(11)27-4/h6-8,24H,9-10H2,1-5H3,(H,20,22,25). The van der Waals surface area contributed by atoms with E-state index in [0.717, 1.165) is 0 Å². The van der Waals surface area contributed by atoms with Crippen LogP contribution in [0.5, 0.6) is 17.2 Å². The van der Waals surface area contributed by atoms with Crippen molar-refractivity contribution in [3.8, 4) is 28.5 Å². The van der Waals surface area contributed by atoms with E-state index >= 15 is 0 Å². The van der Waals surface area contributed by atoms with E-state index in [4.69, 9.17) is 14.2 Å². The number of nitrogens with one attached hydrogen (secondary N) is 1. The number of hydrogen-bond donors (Lipinski definition) is 2. The molecule has 0 atom stereocenters. The zero-order valence-electron chi connectivity index (χ0n) is 16.6. The summed E-state index contributed by atoms with van der Waals surface area (Å²) in [7, 11) is 4.60. The Balaban J connectivity index is 2.19. The van der Waals surface area contributed by atoms with E-state index in [-0.39, 0.29) is 12.3 Å². The smallest absolute Gasteiger partial charge is 0.328 e. The molecule has 28 heavy (non-hydrogen) atoms. The molecule has 0 aliphatic rings. The lowest BCUT2D eigenvalue weighted by Gasteiger charge is -2.21. The van der Waals surface area contributed by atoms with E-state index < -0.39 is 5.41 Å².